The quantitative estimate of drug-likeness (QED) is 0.263. The van der Waals surface area contributed by atoms with E-state index in [9.17, 15) is 4.57 Å². The molecule has 0 aromatic heterocycles. The summed E-state index contributed by atoms with van der Waals surface area (Å²) in [6, 6.07) is -0.350. The highest BCUT2D eigenvalue weighted by Gasteiger charge is 2.45. The van der Waals surface area contributed by atoms with Crippen LogP contribution < -0.4 is 5.09 Å². The van der Waals surface area contributed by atoms with Crippen LogP contribution in [0.15, 0.2) is 0 Å². The van der Waals surface area contributed by atoms with Crippen LogP contribution in [-0.2, 0) is 23.5 Å². The fourth-order valence-electron chi connectivity index (χ4n) is 2.40. The topological polar surface area (TPSA) is 66.0 Å². The zero-order valence-electron chi connectivity index (χ0n) is 15.0. The lowest BCUT2D eigenvalue weighted by Crippen LogP contribution is -2.47. The molecule has 136 valence electrons. The highest BCUT2D eigenvalue weighted by molar-refractivity contribution is 8.47. The Kier molecular flexibility index (Phi) is 9.16. The Bertz CT molecular complexity index is 401. The molecule has 1 heterocycles. The summed E-state index contributed by atoms with van der Waals surface area (Å²) in [7, 11) is 3.59. The van der Waals surface area contributed by atoms with Gasteiger partial charge >= 0.3 is 0 Å². The van der Waals surface area contributed by atoms with Crippen LogP contribution >= 0.6 is 18.7 Å². The molecule has 6 nitrogen and oxygen atoms in total. The molecule has 0 spiro atoms. The summed E-state index contributed by atoms with van der Waals surface area (Å²) in [5, 5.41) is 3.18. The summed E-state index contributed by atoms with van der Waals surface area (Å²) in [5.41, 5.74) is -0.0759. The maximum atomic E-state index is 12.7. The Morgan fingerprint density at radius 1 is 1.30 bits per heavy atom. The van der Waals surface area contributed by atoms with Gasteiger partial charge in [-0.3, -0.25) is 9.65 Å². The van der Waals surface area contributed by atoms with Crippen LogP contribution in [0.3, 0.4) is 0 Å². The lowest BCUT2D eigenvalue weighted by atomic mass is 9.92. The van der Waals surface area contributed by atoms with Crippen LogP contribution in [-0.4, -0.2) is 70.8 Å². The molecular formula is C14H31BNO5PS. The third-order valence-electron chi connectivity index (χ3n) is 3.83. The second-order valence-corrected chi connectivity index (χ2v) is 10.8. The van der Waals surface area contributed by atoms with Crippen molar-refractivity contribution in [2.75, 3.05) is 26.9 Å². The predicted molar refractivity (Wildman–Crippen MR) is 98.6 cm³/mol. The summed E-state index contributed by atoms with van der Waals surface area (Å²) < 4.78 is 35.3. The van der Waals surface area contributed by atoms with Gasteiger partial charge in [0.15, 0.2) is 0 Å². The van der Waals surface area contributed by atoms with Crippen molar-refractivity contribution in [3.8, 4) is 0 Å². The number of nitrogens with one attached hydrogen (secondary N) is 1. The second-order valence-electron chi connectivity index (χ2n) is 6.46. The van der Waals surface area contributed by atoms with E-state index in [0.717, 1.165) is 0 Å². The van der Waals surface area contributed by atoms with Crippen LogP contribution in [0.5, 0.6) is 0 Å². The smallest absolute Gasteiger partial charge is 0.200 e. The van der Waals surface area contributed by atoms with E-state index in [4.69, 9.17) is 18.9 Å². The molecule has 1 fully saturated rings. The maximum Gasteiger partial charge on any atom is 0.200 e. The first kappa shape index (κ1) is 21.5. The molecule has 2 unspecified atom stereocenters. The van der Waals surface area contributed by atoms with Crippen molar-refractivity contribution in [1.29, 1.82) is 0 Å². The molecule has 1 saturated heterocycles. The highest BCUT2D eigenvalue weighted by atomic mass is 32.7. The van der Waals surface area contributed by atoms with Crippen LogP contribution in [0.4, 0.5) is 0 Å². The van der Waals surface area contributed by atoms with E-state index in [1.54, 1.807) is 7.11 Å². The zero-order chi connectivity index (χ0) is 17.6. The molecule has 0 radical (unpaired) electrons. The molecule has 23 heavy (non-hydrogen) atoms. The predicted octanol–water partition coefficient (Wildman–Crippen LogP) is 1.29. The van der Waals surface area contributed by atoms with Crippen molar-refractivity contribution in [1.82, 2.24) is 5.09 Å². The largest absolute Gasteiger partial charge is 0.382 e. The van der Waals surface area contributed by atoms with Crippen LogP contribution in [0, 0.1) is 0 Å². The Morgan fingerprint density at radius 2 is 1.96 bits per heavy atom. The van der Waals surface area contributed by atoms with Gasteiger partial charge in [-0.1, -0.05) is 26.1 Å². The minimum atomic E-state index is -2.80. The first-order chi connectivity index (χ1) is 10.7. The maximum absolute atomic E-state index is 12.7. The zero-order valence-corrected chi connectivity index (χ0v) is 16.8. The molecule has 5 atom stereocenters. The monoisotopic (exact) mass is 367 g/mol. The minimum absolute atomic E-state index is 0.0759. The fourth-order valence-corrected chi connectivity index (χ4v) is 3.84. The summed E-state index contributed by atoms with van der Waals surface area (Å²) in [6.45, 7) is 6.32. The van der Waals surface area contributed by atoms with Gasteiger partial charge in [-0.2, -0.15) is 0 Å². The van der Waals surface area contributed by atoms with Gasteiger partial charge in [0.25, 0.3) is 0 Å². The minimum Gasteiger partial charge on any atom is -0.382 e. The lowest BCUT2D eigenvalue weighted by Gasteiger charge is -2.29. The SMILES string of the molecule is B[C@@H]1O[C@H](COC(C)C)C(NP(=O)(S)C(C)C)[C@@H]1OCCOC. The van der Waals surface area contributed by atoms with Crippen molar-refractivity contribution >= 4 is 26.6 Å². The van der Waals surface area contributed by atoms with E-state index >= 15 is 0 Å². The van der Waals surface area contributed by atoms with Crippen molar-refractivity contribution < 1.29 is 23.5 Å². The average Bonchev–Trinajstić information content (AvgIpc) is 2.73. The number of thiol groups is 1. The van der Waals surface area contributed by atoms with Gasteiger partial charge in [0, 0.05) is 12.8 Å². The summed E-state index contributed by atoms with van der Waals surface area (Å²) in [5.74, 6) is 0. The Hall–Kier alpha value is 0.445. The van der Waals surface area contributed by atoms with Crippen LogP contribution in [0.1, 0.15) is 27.7 Å². The molecular weight excluding hydrogens is 336 g/mol. The molecule has 9 heteroatoms. The standard InChI is InChI=1S/C14H31BNO5PS/c1-9(2)20-8-11-12(16-22(17,23)10(3)4)13(14(15)21-11)19-7-6-18-5/h9-14H,6-8,15H2,1-5H3,(H2,16,17,23)/t11-,12?,13+,14-,22?/m1/s1. The second kappa shape index (κ2) is 9.81. The normalized spacial score (nSPS) is 31.0. The fraction of sp³-hybridized carbons (Fsp3) is 1.00. The van der Waals surface area contributed by atoms with Gasteiger partial charge in [0.05, 0.1) is 50.2 Å². The molecule has 0 aromatic rings. The number of hydrogen-bond acceptors (Lipinski definition) is 5. The molecule has 0 saturated carbocycles. The summed E-state index contributed by atoms with van der Waals surface area (Å²) in [4.78, 5) is 0. The average molecular weight is 367 g/mol. The van der Waals surface area contributed by atoms with Gasteiger partial charge in [0.2, 0.25) is 6.49 Å². The van der Waals surface area contributed by atoms with Crippen molar-refractivity contribution in [3.05, 3.63) is 0 Å². The number of methoxy groups -OCH3 is 1. The molecule has 0 amide bonds. The molecule has 0 bridgehead atoms. The van der Waals surface area contributed by atoms with Crippen molar-refractivity contribution in [3.63, 3.8) is 0 Å². The van der Waals surface area contributed by atoms with Gasteiger partial charge < -0.3 is 18.9 Å². The first-order valence-electron chi connectivity index (χ1n) is 8.17. The number of hydrogen-bond donors (Lipinski definition) is 2. The lowest BCUT2D eigenvalue weighted by molar-refractivity contribution is -0.0273. The molecule has 1 aliphatic heterocycles. The van der Waals surface area contributed by atoms with Crippen molar-refractivity contribution in [2.45, 2.75) is 63.7 Å². The Labute approximate surface area is 146 Å². The van der Waals surface area contributed by atoms with E-state index in [1.165, 1.54) is 0 Å². The summed E-state index contributed by atoms with van der Waals surface area (Å²) >= 11 is 4.35. The van der Waals surface area contributed by atoms with Gasteiger partial charge in [-0.05, 0) is 13.8 Å². The number of rotatable bonds is 10. The van der Waals surface area contributed by atoms with Crippen LogP contribution in [0.2, 0.25) is 0 Å². The third-order valence-corrected chi connectivity index (χ3v) is 7.63. The highest BCUT2D eigenvalue weighted by Crippen LogP contribution is 2.52. The van der Waals surface area contributed by atoms with Gasteiger partial charge in [0.1, 0.15) is 7.85 Å². The molecule has 1 aliphatic rings. The first-order valence-corrected chi connectivity index (χ1v) is 11.1. The van der Waals surface area contributed by atoms with Crippen LogP contribution in [0.25, 0.3) is 0 Å². The van der Waals surface area contributed by atoms with E-state index in [0.29, 0.717) is 19.8 Å². The third kappa shape index (κ3) is 6.69. The van der Waals surface area contributed by atoms with E-state index in [1.807, 2.05) is 35.5 Å². The van der Waals surface area contributed by atoms with E-state index in [2.05, 4.69) is 17.3 Å². The molecule has 1 N–H and O–H groups in total. The Morgan fingerprint density at radius 3 is 2.48 bits per heavy atom. The van der Waals surface area contributed by atoms with E-state index in [-0.39, 0.29) is 36.0 Å². The van der Waals surface area contributed by atoms with Gasteiger partial charge in [-0.25, -0.2) is 0 Å². The Balaban J connectivity index is 2.82. The van der Waals surface area contributed by atoms with Crippen molar-refractivity contribution in [2.24, 2.45) is 0 Å². The molecule has 1 rings (SSSR count). The van der Waals surface area contributed by atoms with Gasteiger partial charge in [-0.15, -0.1) is 0 Å². The molecule has 0 aromatic carbocycles. The number of ether oxygens (including phenoxy) is 4. The van der Waals surface area contributed by atoms with E-state index < -0.39 is 6.49 Å². The summed E-state index contributed by atoms with van der Waals surface area (Å²) in [6.07, 6.45) is -0.333. The molecule has 0 aliphatic carbocycles.